The van der Waals surface area contributed by atoms with Crippen molar-refractivity contribution in [2.75, 3.05) is 19.7 Å². The third kappa shape index (κ3) is 3.16. The van der Waals surface area contributed by atoms with Gasteiger partial charge in [-0.25, -0.2) is 4.39 Å². The van der Waals surface area contributed by atoms with Crippen molar-refractivity contribution in [1.29, 1.82) is 0 Å². The van der Waals surface area contributed by atoms with Crippen molar-refractivity contribution < 1.29 is 14.1 Å². The summed E-state index contributed by atoms with van der Waals surface area (Å²) in [6, 6.07) is 3.63. The van der Waals surface area contributed by atoms with Crippen molar-refractivity contribution in [1.82, 2.24) is 5.32 Å². The van der Waals surface area contributed by atoms with Crippen LogP contribution in [0.1, 0.15) is 6.92 Å². The normalized spacial score (nSPS) is 10.1. The maximum atomic E-state index is 13.3. The number of para-hydroxylation sites is 1. The lowest BCUT2D eigenvalue weighted by Crippen LogP contribution is -2.20. The Balaban J connectivity index is 2.73. The summed E-state index contributed by atoms with van der Waals surface area (Å²) in [5.41, 5.74) is -0.350. The molecule has 5 nitrogen and oxygen atoms in total. The number of benzene rings is 1. The van der Waals surface area contributed by atoms with Crippen LogP contribution in [0.2, 0.25) is 0 Å². The van der Waals surface area contributed by atoms with Crippen LogP contribution in [0.25, 0.3) is 0 Å². The van der Waals surface area contributed by atoms with Gasteiger partial charge in [-0.2, -0.15) is 0 Å². The predicted molar refractivity (Wildman–Crippen MR) is 57.1 cm³/mol. The second-order valence-corrected chi connectivity index (χ2v) is 3.05. The molecular formula is C10H13FN2O3. The number of nitrogens with one attached hydrogen (secondary N) is 1. The minimum atomic E-state index is -0.717. The minimum absolute atomic E-state index is 0.190. The molecule has 1 aromatic rings. The zero-order chi connectivity index (χ0) is 12.0. The molecule has 1 N–H and O–H groups in total. The van der Waals surface area contributed by atoms with Gasteiger partial charge in [-0.15, -0.1) is 0 Å². The zero-order valence-corrected chi connectivity index (χ0v) is 8.90. The Labute approximate surface area is 92.4 Å². The van der Waals surface area contributed by atoms with Crippen LogP contribution in [-0.4, -0.2) is 24.6 Å². The molecule has 0 spiro atoms. The van der Waals surface area contributed by atoms with Crippen LogP contribution in [0, 0.1) is 15.9 Å². The van der Waals surface area contributed by atoms with Crippen LogP contribution < -0.4 is 10.1 Å². The summed E-state index contributed by atoms with van der Waals surface area (Å²) in [6.45, 7) is 3.39. The lowest BCUT2D eigenvalue weighted by atomic mass is 10.3. The third-order valence-corrected chi connectivity index (χ3v) is 1.92. The van der Waals surface area contributed by atoms with Crippen LogP contribution in [0.15, 0.2) is 18.2 Å². The van der Waals surface area contributed by atoms with Gasteiger partial charge in [0.2, 0.25) is 5.75 Å². The maximum Gasteiger partial charge on any atom is 0.314 e. The van der Waals surface area contributed by atoms with Crippen molar-refractivity contribution in [3.63, 3.8) is 0 Å². The monoisotopic (exact) mass is 228 g/mol. The van der Waals surface area contributed by atoms with Gasteiger partial charge in [0.05, 0.1) is 4.92 Å². The first-order chi connectivity index (χ1) is 7.66. The lowest BCUT2D eigenvalue weighted by molar-refractivity contribution is -0.386. The number of ether oxygens (including phenoxy) is 1. The smallest absolute Gasteiger partial charge is 0.314 e. The molecule has 0 aliphatic rings. The van der Waals surface area contributed by atoms with Crippen LogP contribution >= 0.6 is 0 Å². The quantitative estimate of drug-likeness (QED) is 0.457. The van der Waals surface area contributed by atoms with Crippen molar-refractivity contribution >= 4 is 5.69 Å². The molecule has 1 aromatic carbocycles. The van der Waals surface area contributed by atoms with Gasteiger partial charge in [-0.1, -0.05) is 13.0 Å². The molecule has 0 aliphatic heterocycles. The average Bonchev–Trinajstić information content (AvgIpc) is 2.25. The molecule has 0 bridgehead atoms. The minimum Gasteiger partial charge on any atom is -0.483 e. The summed E-state index contributed by atoms with van der Waals surface area (Å²) in [7, 11) is 0. The summed E-state index contributed by atoms with van der Waals surface area (Å²) < 4.78 is 18.3. The maximum absolute atomic E-state index is 13.3. The SMILES string of the molecule is CCNCCOc1c(F)cccc1[N+](=O)[O-]. The molecule has 1 rings (SSSR count). The van der Waals surface area contributed by atoms with E-state index in [9.17, 15) is 14.5 Å². The molecule has 0 atom stereocenters. The Morgan fingerprint density at radius 3 is 2.94 bits per heavy atom. The zero-order valence-electron chi connectivity index (χ0n) is 8.90. The Morgan fingerprint density at radius 2 is 2.31 bits per heavy atom. The van der Waals surface area contributed by atoms with Crippen molar-refractivity contribution in [3.05, 3.63) is 34.1 Å². The average molecular weight is 228 g/mol. The first-order valence-corrected chi connectivity index (χ1v) is 4.93. The second kappa shape index (κ2) is 6.02. The molecule has 0 aliphatic carbocycles. The number of hydrogen-bond donors (Lipinski definition) is 1. The van der Waals surface area contributed by atoms with Gasteiger partial charge in [-0.3, -0.25) is 10.1 Å². The van der Waals surface area contributed by atoms with E-state index in [4.69, 9.17) is 4.74 Å². The summed E-state index contributed by atoms with van der Waals surface area (Å²) in [5, 5.41) is 13.6. The number of nitro groups is 1. The molecule has 0 radical (unpaired) electrons. The fraction of sp³-hybridized carbons (Fsp3) is 0.400. The summed E-state index contributed by atoms with van der Waals surface area (Å²) in [6.07, 6.45) is 0. The van der Waals surface area contributed by atoms with Crippen LogP contribution in [0.3, 0.4) is 0 Å². The lowest BCUT2D eigenvalue weighted by Gasteiger charge is -2.07. The summed E-state index contributed by atoms with van der Waals surface area (Å²) in [4.78, 5) is 9.95. The summed E-state index contributed by atoms with van der Waals surface area (Å²) >= 11 is 0. The third-order valence-electron chi connectivity index (χ3n) is 1.92. The predicted octanol–water partition coefficient (Wildman–Crippen LogP) is 1.72. The van der Waals surface area contributed by atoms with Gasteiger partial charge >= 0.3 is 5.69 Å². The summed E-state index contributed by atoms with van der Waals surface area (Å²) in [5.74, 6) is -1.02. The van der Waals surface area contributed by atoms with E-state index < -0.39 is 10.7 Å². The van der Waals surface area contributed by atoms with Crippen molar-refractivity contribution in [2.24, 2.45) is 0 Å². The van der Waals surface area contributed by atoms with Gasteiger partial charge in [0.1, 0.15) is 6.61 Å². The van der Waals surface area contributed by atoms with E-state index in [2.05, 4.69) is 5.32 Å². The van der Waals surface area contributed by atoms with Gasteiger partial charge in [-0.05, 0) is 12.6 Å². The second-order valence-electron chi connectivity index (χ2n) is 3.05. The molecular weight excluding hydrogens is 215 g/mol. The van der Waals surface area contributed by atoms with Crippen LogP contribution in [0.4, 0.5) is 10.1 Å². The molecule has 0 saturated carbocycles. The fourth-order valence-corrected chi connectivity index (χ4v) is 1.19. The molecule has 0 aromatic heterocycles. The van der Waals surface area contributed by atoms with Crippen molar-refractivity contribution in [2.45, 2.75) is 6.92 Å². The Morgan fingerprint density at radius 1 is 1.56 bits per heavy atom. The number of rotatable bonds is 6. The van der Waals surface area contributed by atoms with Gasteiger partial charge in [0, 0.05) is 12.6 Å². The van der Waals surface area contributed by atoms with E-state index in [1.165, 1.54) is 12.1 Å². The van der Waals surface area contributed by atoms with Gasteiger partial charge < -0.3 is 10.1 Å². The molecule has 6 heteroatoms. The fourth-order valence-electron chi connectivity index (χ4n) is 1.19. The molecule has 0 heterocycles. The van der Waals surface area contributed by atoms with Gasteiger partial charge in [0.15, 0.2) is 5.82 Å². The van der Waals surface area contributed by atoms with Crippen molar-refractivity contribution in [3.8, 4) is 5.75 Å². The van der Waals surface area contributed by atoms with Crippen LogP contribution in [-0.2, 0) is 0 Å². The molecule has 0 unspecified atom stereocenters. The highest BCUT2D eigenvalue weighted by Gasteiger charge is 2.18. The number of halogens is 1. The highest BCUT2D eigenvalue weighted by molar-refractivity contribution is 5.46. The van der Waals surface area contributed by atoms with E-state index in [0.717, 1.165) is 12.6 Å². The molecule has 88 valence electrons. The molecule has 0 fully saturated rings. The highest BCUT2D eigenvalue weighted by Crippen LogP contribution is 2.29. The molecule has 0 saturated heterocycles. The largest absolute Gasteiger partial charge is 0.483 e. The van der Waals surface area contributed by atoms with E-state index in [0.29, 0.717) is 6.54 Å². The Hall–Kier alpha value is -1.69. The first-order valence-electron chi connectivity index (χ1n) is 4.93. The standard InChI is InChI=1S/C10H13FN2O3/c1-2-12-6-7-16-10-8(11)4-3-5-9(10)13(14)15/h3-5,12H,2,6-7H2,1H3. The number of nitro benzene ring substituents is 1. The Bertz CT molecular complexity index is 371. The van der Waals surface area contributed by atoms with Crippen LogP contribution in [0.5, 0.6) is 5.75 Å². The number of nitrogens with zero attached hydrogens (tertiary/aromatic N) is 1. The highest BCUT2D eigenvalue weighted by atomic mass is 19.1. The van der Waals surface area contributed by atoms with E-state index >= 15 is 0 Å². The number of likely N-dealkylation sites (N-methyl/N-ethyl adjacent to an activating group) is 1. The molecule has 0 amide bonds. The van der Waals surface area contributed by atoms with E-state index in [-0.39, 0.29) is 18.0 Å². The number of hydrogen-bond acceptors (Lipinski definition) is 4. The van der Waals surface area contributed by atoms with Gasteiger partial charge in [0.25, 0.3) is 0 Å². The van der Waals surface area contributed by atoms with E-state index in [1.54, 1.807) is 0 Å². The Kier molecular flexibility index (Phi) is 4.65. The molecule has 16 heavy (non-hydrogen) atoms. The van der Waals surface area contributed by atoms with E-state index in [1.807, 2.05) is 6.92 Å². The first kappa shape index (κ1) is 12.4. The topological polar surface area (TPSA) is 64.4 Å².